The molecule has 4 rings (SSSR count). The molecule has 0 aliphatic rings. The summed E-state index contributed by atoms with van der Waals surface area (Å²) in [7, 11) is 0. The molecule has 0 spiro atoms. The molecule has 0 radical (unpaired) electrons. The van der Waals surface area contributed by atoms with Crippen LogP contribution in [0.3, 0.4) is 0 Å². The Kier molecular flexibility index (Phi) is 3.39. The Hall–Kier alpha value is -2.59. The van der Waals surface area contributed by atoms with Crippen molar-refractivity contribution in [2.24, 2.45) is 0 Å². The minimum absolute atomic E-state index is 0.739. The molecule has 0 aliphatic carbocycles. The molecule has 23 heavy (non-hydrogen) atoms. The molecule has 0 saturated carbocycles. The molecule has 4 aromatic rings. The zero-order valence-electron chi connectivity index (χ0n) is 12.6. The van der Waals surface area contributed by atoms with Crippen LogP contribution in [0.5, 0.6) is 0 Å². The molecule has 3 aromatic heterocycles. The Balaban J connectivity index is 1.84. The molecule has 0 N–H and O–H groups in total. The van der Waals surface area contributed by atoms with Crippen LogP contribution in [-0.4, -0.2) is 19.2 Å². The van der Waals surface area contributed by atoms with Gasteiger partial charge in [0.05, 0.1) is 11.2 Å². The first-order valence-electron chi connectivity index (χ1n) is 7.52. The van der Waals surface area contributed by atoms with Crippen LogP contribution in [-0.2, 0) is 6.42 Å². The molecule has 4 nitrogen and oxygen atoms in total. The number of fused-ring (bicyclic) bond motifs is 1. The number of rotatable bonds is 3. The fourth-order valence-corrected chi connectivity index (χ4v) is 3.02. The number of benzene rings is 1. The zero-order valence-corrected chi connectivity index (χ0v) is 13.4. The van der Waals surface area contributed by atoms with E-state index in [0.717, 1.165) is 33.9 Å². The molecule has 0 unspecified atom stereocenters. The van der Waals surface area contributed by atoms with Gasteiger partial charge in [-0.2, -0.15) is 5.10 Å². The van der Waals surface area contributed by atoms with Crippen molar-refractivity contribution in [2.75, 3.05) is 0 Å². The van der Waals surface area contributed by atoms with Crippen LogP contribution >= 0.6 is 11.6 Å². The van der Waals surface area contributed by atoms with Gasteiger partial charge in [0.25, 0.3) is 0 Å². The van der Waals surface area contributed by atoms with E-state index in [1.54, 1.807) is 6.33 Å². The Morgan fingerprint density at radius 2 is 2.04 bits per heavy atom. The van der Waals surface area contributed by atoms with Gasteiger partial charge in [0, 0.05) is 34.9 Å². The van der Waals surface area contributed by atoms with Crippen molar-refractivity contribution in [2.45, 2.75) is 13.3 Å². The van der Waals surface area contributed by atoms with E-state index >= 15 is 0 Å². The normalized spacial score (nSPS) is 11.2. The number of aryl methyl sites for hydroxylation is 1. The van der Waals surface area contributed by atoms with Crippen molar-refractivity contribution >= 4 is 17.1 Å². The third-order valence-corrected chi connectivity index (χ3v) is 4.24. The summed E-state index contributed by atoms with van der Waals surface area (Å²) in [6.07, 6.45) is 8.58. The highest BCUT2D eigenvalue weighted by Crippen LogP contribution is 2.26. The molecule has 1 aromatic carbocycles. The number of nitrogens with zero attached hydrogens (tertiary/aromatic N) is 4. The quantitative estimate of drug-likeness (QED) is 0.560. The number of aromatic nitrogens is 4. The SMILES string of the molecule is CCc1ccc(Cl)cc1-n1ccc(-c2ncnn3cccc23)c1. The van der Waals surface area contributed by atoms with Crippen molar-refractivity contribution < 1.29 is 0 Å². The molecule has 3 heterocycles. The molecule has 0 saturated heterocycles. The first kappa shape index (κ1) is 14.0. The molecule has 0 amide bonds. The average Bonchev–Trinajstić information content (AvgIpc) is 3.23. The van der Waals surface area contributed by atoms with E-state index in [0.29, 0.717) is 0 Å². The molecule has 0 aliphatic heterocycles. The topological polar surface area (TPSA) is 35.1 Å². The second kappa shape index (κ2) is 5.56. The summed E-state index contributed by atoms with van der Waals surface area (Å²) in [6, 6.07) is 12.1. The van der Waals surface area contributed by atoms with E-state index in [4.69, 9.17) is 11.6 Å². The average molecular weight is 323 g/mol. The van der Waals surface area contributed by atoms with E-state index in [9.17, 15) is 0 Å². The lowest BCUT2D eigenvalue weighted by Crippen LogP contribution is -1.97. The second-order valence-corrected chi connectivity index (χ2v) is 5.82. The highest BCUT2D eigenvalue weighted by atomic mass is 35.5. The van der Waals surface area contributed by atoms with Gasteiger partial charge in [-0.25, -0.2) is 9.50 Å². The third-order valence-electron chi connectivity index (χ3n) is 4.01. The molecule has 5 heteroatoms. The summed E-state index contributed by atoms with van der Waals surface area (Å²) < 4.78 is 3.93. The van der Waals surface area contributed by atoms with E-state index in [2.05, 4.69) is 39.9 Å². The van der Waals surface area contributed by atoms with Gasteiger partial charge in [-0.1, -0.05) is 24.6 Å². The highest BCUT2D eigenvalue weighted by Gasteiger charge is 2.10. The summed E-state index contributed by atoms with van der Waals surface area (Å²) in [6.45, 7) is 2.14. The molecular formula is C18H15ClN4. The molecule has 0 fully saturated rings. The summed E-state index contributed by atoms with van der Waals surface area (Å²) >= 11 is 6.17. The zero-order chi connectivity index (χ0) is 15.8. The van der Waals surface area contributed by atoms with Crippen molar-refractivity contribution in [3.05, 3.63) is 71.9 Å². The largest absolute Gasteiger partial charge is 0.323 e. The van der Waals surface area contributed by atoms with Gasteiger partial charge >= 0.3 is 0 Å². The van der Waals surface area contributed by atoms with Crippen molar-refractivity contribution in [3.8, 4) is 16.9 Å². The maximum Gasteiger partial charge on any atom is 0.137 e. The number of hydrogen-bond acceptors (Lipinski definition) is 2. The van der Waals surface area contributed by atoms with Gasteiger partial charge in [-0.05, 0) is 42.3 Å². The van der Waals surface area contributed by atoms with Gasteiger partial charge in [-0.15, -0.1) is 0 Å². The van der Waals surface area contributed by atoms with Crippen molar-refractivity contribution in [1.82, 2.24) is 19.2 Å². The number of halogens is 1. The van der Waals surface area contributed by atoms with Crippen molar-refractivity contribution in [1.29, 1.82) is 0 Å². The Bertz CT molecular complexity index is 984. The molecule has 0 bridgehead atoms. The maximum absolute atomic E-state index is 6.17. The third kappa shape index (κ3) is 2.41. The van der Waals surface area contributed by atoms with E-state index in [-0.39, 0.29) is 0 Å². The Morgan fingerprint density at radius 3 is 2.91 bits per heavy atom. The molecular weight excluding hydrogens is 308 g/mol. The summed E-state index contributed by atoms with van der Waals surface area (Å²) in [4.78, 5) is 4.45. The van der Waals surface area contributed by atoms with E-state index < -0.39 is 0 Å². The van der Waals surface area contributed by atoms with Crippen LogP contribution in [0.1, 0.15) is 12.5 Å². The smallest absolute Gasteiger partial charge is 0.137 e. The first-order chi connectivity index (χ1) is 11.3. The van der Waals surface area contributed by atoms with Crippen LogP contribution in [0.4, 0.5) is 0 Å². The lowest BCUT2D eigenvalue weighted by Gasteiger charge is -2.09. The van der Waals surface area contributed by atoms with Crippen LogP contribution in [0.2, 0.25) is 5.02 Å². The summed E-state index contributed by atoms with van der Waals surface area (Å²) in [5.74, 6) is 0. The predicted octanol–water partition coefficient (Wildman–Crippen LogP) is 4.40. The lowest BCUT2D eigenvalue weighted by molar-refractivity contribution is 0.906. The van der Waals surface area contributed by atoms with Crippen LogP contribution in [0.15, 0.2) is 61.3 Å². The molecule has 0 atom stereocenters. The standard InChI is InChI=1S/C18H15ClN4/c1-2-13-5-6-15(19)10-17(13)22-9-7-14(11-22)18-16-4-3-8-23(16)21-12-20-18/h3-12H,2H2,1H3. The first-order valence-corrected chi connectivity index (χ1v) is 7.89. The van der Waals surface area contributed by atoms with Crippen LogP contribution in [0, 0.1) is 0 Å². The van der Waals surface area contributed by atoms with Gasteiger partial charge in [0.2, 0.25) is 0 Å². The van der Waals surface area contributed by atoms with Crippen LogP contribution in [0.25, 0.3) is 22.5 Å². The Labute approximate surface area is 139 Å². The monoisotopic (exact) mass is 322 g/mol. The van der Waals surface area contributed by atoms with Crippen LogP contribution < -0.4 is 0 Å². The van der Waals surface area contributed by atoms with Crippen molar-refractivity contribution in [3.63, 3.8) is 0 Å². The minimum atomic E-state index is 0.739. The molecule has 114 valence electrons. The lowest BCUT2D eigenvalue weighted by atomic mass is 10.1. The van der Waals surface area contributed by atoms with Gasteiger partial charge in [0.15, 0.2) is 0 Å². The fourth-order valence-electron chi connectivity index (χ4n) is 2.85. The van der Waals surface area contributed by atoms with E-state index in [1.165, 1.54) is 5.56 Å². The van der Waals surface area contributed by atoms with Gasteiger partial charge < -0.3 is 4.57 Å². The fraction of sp³-hybridized carbons (Fsp3) is 0.111. The van der Waals surface area contributed by atoms with Gasteiger partial charge in [0.1, 0.15) is 6.33 Å². The Morgan fingerprint density at radius 1 is 1.13 bits per heavy atom. The summed E-state index contributed by atoms with van der Waals surface area (Å²) in [5.41, 5.74) is 5.33. The van der Waals surface area contributed by atoms with Gasteiger partial charge in [-0.3, -0.25) is 0 Å². The highest BCUT2D eigenvalue weighted by molar-refractivity contribution is 6.30. The van der Waals surface area contributed by atoms with E-state index in [1.807, 2.05) is 41.2 Å². The maximum atomic E-state index is 6.17. The number of hydrogen-bond donors (Lipinski definition) is 0. The minimum Gasteiger partial charge on any atom is -0.323 e. The second-order valence-electron chi connectivity index (χ2n) is 5.38. The predicted molar refractivity (Wildman–Crippen MR) is 92.1 cm³/mol. The summed E-state index contributed by atoms with van der Waals surface area (Å²) in [5, 5.41) is 4.95.